The quantitative estimate of drug-likeness (QED) is 0.133. The van der Waals surface area contributed by atoms with Gasteiger partial charge in [0.1, 0.15) is 0 Å². The van der Waals surface area contributed by atoms with Crippen LogP contribution in [-0.4, -0.2) is 0 Å². The normalized spacial score (nSPS) is 12.3. The van der Waals surface area contributed by atoms with E-state index in [0.29, 0.717) is 0 Å². The van der Waals surface area contributed by atoms with Gasteiger partial charge in [-0.05, 0) is 211 Å². The second-order valence-corrected chi connectivity index (χ2v) is 26.5. The first kappa shape index (κ1) is 57.4. The molecule has 0 heteroatoms. The standard InChI is InChI=1S/C49H34.C48H32/c1-49(2)45-21-10-9-17-38(45)39-26-25-36(30-46(39)49)47-41-18-7-8-19-42(41)48(40-20-11-15-32-13-5-6-16-37(32)40)44-29-35(24-27-43(44)47)34-23-22-31-12-3-4-14-33(31)28-34;1-3-12-33(13-4-1)35-22-24-37(25-23-35)40-30-31-45-46(32-40)48(42-21-11-17-38-16-7-8-18-41(38)42)44-20-10-9-19-43(44)47(45)39-28-26-36(27-29-39)34-14-5-2-6-15-34/h3-30H,1-2H3;1-32H. The van der Waals surface area contributed by atoms with E-state index in [1.165, 1.54) is 187 Å². The van der Waals surface area contributed by atoms with Crippen LogP contribution in [0, 0.1) is 0 Å². The first-order chi connectivity index (χ1) is 47.9. The van der Waals surface area contributed by atoms with Crippen LogP contribution < -0.4 is 0 Å². The molecule has 19 rings (SSSR count). The highest BCUT2D eigenvalue weighted by atomic mass is 14.4. The molecular formula is C97H66. The van der Waals surface area contributed by atoms with Gasteiger partial charge in [-0.2, -0.15) is 0 Å². The Hall–Kier alpha value is -12.2. The highest BCUT2D eigenvalue weighted by Gasteiger charge is 2.36. The van der Waals surface area contributed by atoms with Crippen molar-refractivity contribution < 1.29 is 0 Å². The third-order valence-electron chi connectivity index (χ3n) is 20.7. The molecule has 0 heterocycles. The maximum absolute atomic E-state index is 2.48. The van der Waals surface area contributed by atoms with Crippen LogP contribution in [0.3, 0.4) is 0 Å². The van der Waals surface area contributed by atoms with E-state index in [4.69, 9.17) is 0 Å². The predicted octanol–water partition coefficient (Wildman–Crippen LogP) is 27.1. The Labute approximate surface area is 566 Å². The van der Waals surface area contributed by atoms with Gasteiger partial charge in [0.2, 0.25) is 0 Å². The minimum atomic E-state index is -0.0698. The zero-order chi connectivity index (χ0) is 64.6. The summed E-state index contributed by atoms with van der Waals surface area (Å²) in [4.78, 5) is 0. The Morgan fingerprint density at radius 2 is 0.485 bits per heavy atom. The summed E-state index contributed by atoms with van der Waals surface area (Å²) in [5.74, 6) is 0. The van der Waals surface area contributed by atoms with Crippen LogP contribution in [0.2, 0.25) is 0 Å². The topological polar surface area (TPSA) is 0 Å². The molecule has 0 amide bonds. The van der Waals surface area contributed by atoms with E-state index in [0.717, 1.165) is 0 Å². The lowest BCUT2D eigenvalue weighted by molar-refractivity contribution is 0.660. The van der Waals surface area contributed by atoms with Crippen LogP contribution >= 0.6 is 0 Å². The summed E-state index contributed by atoms with van der Waals surface area (Å²) in [6, 6.07) is 134. The highest BCUT2D eigenvalue weighted by Crippen LogP contribution is 2.53. The molecule has 0 bridgehead atoms. The molecule has 0 saturated carbocycles. The van der Waals surface area contributed by atoms with Crippen molar-refractivity contribution in [3.8, 4) is 100 Å². The molecule has 0 aliphatic heterocycles. The summed E-state index contributed by atoms with van der Waals surface area (Å²) >= 11 is 0. The van der Waals surface area contributed by atoms with Crippen molar-refractivity contribution in [3.63, 3.8) is 0 Å². The molecular weight excluding hydrogens is 1170 g/mol. The predicted molar refractivity (Wildman–Crippen MR) is 416 cm³/mol. The summed E-state index contributed by atoms with van der Waals surface area (Å²) in [6.45, 7) is 4.74. The van der Waals surface area contributed by atoms with Crippen molar-refractivity contribution in [2.24, 2.45) is 0 Å². The third-order valence-corrected chi connectivity index (χ3v) is 20.7. The summed E-state index contributed by atoms with van der Waals surface area (Å²) in [5, 5.41) is 17.7. The van der Waals surface area contributed by atoms with Gasteiger partial charge in [-0.1, -0.05) is 354 Å². The van der Waals surface area contributed by atoms with Crippen LogP contribution in [-0.2, 0) is 5.41 Å². The number of rotatable bonds is 8. The summed E-state index contributed by atoms with van der Waals surface area (Å²) in [6.07, 6.45) is 0. The van der Waals surface area contributed by atoms with Crippen molar-refractivity contribution >= 4 is 75.4 Å². The van der Waals surface area contributed by atoms with Gasteiger partial charge in [0, 0.05) is 5.41 Å². The zero-order valence-corrected chi connectivity index (χ0v) is 54.1. The summed E-state index contributed by atoms with van der Waals surface area (Å²) in [5.41, 5.74) is 25.4. The van der Waals surface area contributed by atoms with Crippen LogP contribution in [0.15, 0.2) is 364 Å². The van der Waals surface area contributed by atoms with E-state index in [1.54, 1.807) is 0 Å². The van der Waals surface area contributed by atoms with Gasteiger partial charge in [0.25, 0.3) is 0 Å². The Morgan fingerprint density at radius 3 is 1.03 bits per heavy atom. The molecule has 0 nitrogen and oxygen atoms in total. The van der Waals surface area contributed by atoms with Gasteiger partial charge in [-0.25, -0.2) is 0 Å². The second-order valence-electron chi connectivity index (χ2n) is 26.5. The fourth-order valence-corrected chi connectivity index (χ4v) is 16.0. The van der Waals surface area contributed by atoms with E-state index in [1.807, 2.05) is 0 Å². The minimum Gasteiger partial charge on any atom is -0.0622 e. The lowest BCUT2D eigenvalue weighted by Crippen LogP contribution is -2.14. The van der Waals surface area contributed by atoms with Gasteiger partial charge < -0.3 is 0 Å². The minimum absolute atomic E-state index is 0.0698. The van der Waals surface area contributed by atoms with E-state index in [-0.39, 0.29) is 5.41 Å². The molecule has 454 valence electrons. The van der Waals surface area contributed by atoms with E-state index in [2.05, 4.69) is 378 Å². The number of benzene rings is 18. The average molecular weight is 1230 g/mol. The fourth-order valence-electron chi connectivity index (χ4n) is 16.0. The lowest BCUT2D eigenvalue weighted by atomic mass is 9.80. The van der Waals surface area contributed by atoms with Crippen molar-refractivity contribution in [1.82, 2.24) is 0 Å². The molecule has 0 spiro atoms. The summed E-state index contributed by atoms with van der Waals surface area (Å²) in [7, 11) is 0. The smallest absolute Gasteiger partial charge is 0.0159 e. The Balaban J connectivity index is 0.000000141. The van der Waals surface area contributed by atoms with E-state index >= 15 is 0 Å². The molecule has 0 N–H and O–H groups in total. The Kier molecular flexibility index (Phi) is 14.0. The first-order valence-corrected chi connectivity index (χ1v) is 33.9. The molecule has 0 aromatic heterocycles. The molecule has 18 aromatic rings. The molecule has 0 unspecified atom stereocenters. The van der Waals surface area contributed by atoms with Gasteiger partial charge in [-0.3, -0.25) is 0 Å². The fraction of sp³-hybridized carbons (Fsp3) is 0.0309. The molecule has 1 aliphatic rings. The van der Waals surface area contributed by atoms with Crippen LogP contribution in [0.1, 0.15) is 25.0 Å². The molecule has 0 radical (unpaired) electrons. The highest BCUT2D eigenvalue weighted by molar-refractivity contribution is 6.26. The second kappa shape index (κ2) is 23.7. The van der Waals surface area contributed by atoms with E-state index in [9.17, 15) is 0 Å². The van der Waals surface area contributed by atoms with Gasteiger partial charge in [0.15, 0.2) is 0 Å². The van der Waals surface area contributed by atoms with Crippen molar-refractivity contribution in [2.45, 2.75) is 19.3 Å². The molecule has 1 aliphatic carbocycles. The maximum Gasteiger partial charge on any atom is 0.0159 e. The SMILES string of the molecule is CC1(C)c2ccccc2-c2ccc(-c3c4ccccc4c(-c4cccc5ccccc45)c4cc(-c5ccc6ccccc6c5)ccc34)cc21.c1ccc(-c2ccc(-c3ccc4c(-c5ccc(-c6ccccc6)cc5)c5ccccc5c(-c5cccc6ccccc56)c4c3)cc2)cc1. The van der Waals surface area contributed by atoms with Crippen LogP contribution in [0.4, 0.5) is 0 Å². The third kappa shape index (κ3) is 9.91. The lowest BCUT2D eigenvalue weighted by Gasteiger charge is -2.23. The zero-order valence-electron chi connectivity index (χ0n) is 54.1. The number of fused-ring (bicyclic) bond motifs is 10. The maximum atomic E-state index is 2.48. The van der Waals surface area contributed by atoms with Crippen LogP contribution in [0.5, 0.6) is 0 Å². The van der Waals surface area contributed by atoms with Gasteiger partial charge in [-0.15, -0.1) is 0 Å². The molecule has 0 atom stereocenters. The van der Waals surface area contributed by atoms with Crippen LogP contribution in [0.25, 0.3) is 176 Å². The average Bonchev–Trinajstić information content (AvgIpc) is 0.870. The van der Waals surface area contributed by atoms with E-state index < -0.39 is 0 Å². The molecule has 0 fully saturated rings. The van der Waals surface area contributed by atoms with Crippen molar-refractivity contribution in [1.29, 1.82) is 0 Å². The van der Waals surface area contributed by atoms with Crippen molar-refractivity contribution in [3.05, 3.63) is 375 Å². The first-order valence-electron chi connectivity index (χ1n) is 33.9. The Bertz CT molecular complexity index is 6100. The monoisotopic (exact) mass is 1230 g/mol. The molecule has 97 heavy (non-hydrogen) atoms. The Morgan fingerprint density at radius 1 is 0.155 bits per heavy atom. The molecule has 0 saturated heterocycles. The number of hydrogen-bond acceptors (Lipinski definition) is 0. The molecule has 18 aromatic carbocycles. The summed E-state index contributed by atoms with van der Waals surface area (Å²) < 4.78 is 0. The van der Waals surface area contributed by atoms with Gasteiger partial charge >= 0.3 is 0 Å². The van der Waals surface area contributed by atoms with Gasteiger partial charge in [0.05, 0.1) is 0 Å². The van der Waals surface area contributed by atoms with Crippen molar-refractivity contribution in [2.75, 3.05) is 0 Å². The number of hydrogen-bond donors (Lipinski definition) is 0. The largest absolute Gasteiger partial charge is 0.0622 e.